The molecule has 1 unspecified atom stereocenters. The zero-order chi connectivity index (χ0) is 18.4. The van der Waals surface area contributed by atoms with Gasteiger partial charge in [-0.2, -0.15) is 0 Å². The minimum atomic E-state index is -2.89. The van der Waals surface area contributed by atoms with Crippen molar-refractivity contribution in [1.82, 2.24) is 9.55 Å². The molecule has 0 bridgehead atoms. The molecule has 134 valence electrons. The molecule has 1 aliphatic heterocycles. The van der Waals surface area contributed by atoms with Crippen LogP contribution in [0.4, 0.5) is 0 Å². The van der Waals surface area contributed by atoms with Gasteiger partial charge < -0.3 is 4.57 Å². The van der Waals surface area contributed by atoms with E-state index in [2.05, 4.69) is 4.98 Å². The lowest BCUT2D eigenvalue weighted by Gasteiger charge is -2.18. The molecule has 1 saturated heterocycles. The Balaban J connectivity index is 2.03. The van der Waals surface area contributed by atoms with Gasteiger partial charge in [0.1, 0.15) is 5.82 Å². The average molecular weight is 360 g/mol. The third-order valence-corrected chi connectivity index (χ3v) is 6.88. The van der Waals surface area contributed by atoms with Gasteiger partial charge in [-0.05, 0) is 56.7 Å². The molecular weight excluding hydrogens is 336 g/mol. The molecular formula is C19H24N2O3S. The second kappa shape index (κ2) is 6.41. The van der Waals surface area contributed by atoms with E-state index in [0.29, 0.717) is 13.0 Å². The van der Waals surface area contributed by atoms with Crippen molar-refractivity contribution in [2.24, 2.45) is 5.92 Å². The van der Waals surface area contributed by atoms with Gasteiger partial charge in [0.05, 0.1) is 11.5 Å². The van der Waals surface area contributed by atoms with E-state index >= 15 is 0 Å². The normalized spacial score (nSPS) is 19.3. The molecule has 1 aromatic heterocycles. The van der Waals surface area contributed by atoms with Gasteiger partial charge in [0.15, 0.2) is 15.6 Å². The molecule has 1 fully saturated rings. The summed E-state index contributed by atoms with van der Waals surface area (Å²) in [4.78, 5) is 16.6. The van der Waals surface area contributed by atoms with E-state index in [9.17, 15) is 13.2 Å². The summed E-state index contributed by atoms with van der Waals surface area (Å²) < 4.78 is 25.5. The van der Waals surface area contributed by atoms with Crippen LogP contribution in [0.3, 0.4) is 0 Å². The van der Waals surface area contributed by atoms with Crippen molar-refractivity contribution >= 4 is 15.6 Å². The van der Waals surface area contributed by atoms with Crippen molar-refractivity contribution in [3.63, 3.8) is 0 Å². The molecule has 2 aromatic rings. The number of carbonyl (C=O) groups excluding carboxylic acids is 1. The van der Waals surface area contributed by atoms with Crippen LogP contribution in [-0.4, -0.2) is 35.3 Å². The number of nitrogens with zero attached hydrogens (tertiary/aromatic N) is 2. The fraction of sp³-hybridized carbons (Fsp3) is 0.474. The fourth-order valence-corrected chi connectivity index (χ4v) is 5.90. The summed E-state index contributed by atoms with van der Waals surface area (Å²) in [6.45, 7) is 8.17. The fourth-order valence-electron chi connectivity index (χ4n) is 4.05. The number of aromatic nitrogens is 2. The Morgan fingerprint density at radius 2 is 2.00 bits per heavy atom. The van der Waals surface area contributed by atoms with Gasteiger partial charge in [-0.3, -0.25) is 4.79 Å². The largest absolute Gasteiger partial charge is 0.331 e. The highest BCUT2D eigenvalue weighted by atomic mass is 32.2. The van der Waals surface area contributed by atoms with Gasteiger partial charge in [-0.15, -0.1) is 0 Å². The number of rotatable bonds is 4. The number of aryl methyl sites for hydroxylation is 2. The average Bonchev–Trinajstić information content (AvgIpc) is 3.05. The molecule has 25 heavy (non-hydrogen) atoms. The number of sulfone groups is 1. The molecule has 0 saturated carbocycles. The molecule has 0 radical (unpaired) electrons. The minimum Gasteiger partial charge on any atom is -0.331 e. The van der Waals surface area contributed by atoms with Gasteiger partial charge in [0, 0.05) is 30.1 Å². The highest BCUT2D eigenvalue weighted by Crippen LogP contribution is 2.32. The molecule has 3 rings (SSSR count). The van der Waals surface area contributed by atoms with Crippen LogP contribution in [0.1, 0.15) is 40.4 Å². The predicted octanol–water partition coefficient (Wildman–Crippen LogP) is 3.11. The Labute approximate surface area is 149 Å². The van der Waals surface area contributed by atoms with Crippen molar-refractivity contribution in [3.05, 3.63) is 40.7 Å². The van der Waals surface area contributed by atoms with Crippen LogP contribution in [0.2, 0.25) is 0 Å². The van der Waals surface area contributed by atoms with Crippen molar-refractivity contribution in [2.45, 2.75) is 40.7 Å². The summed E-state index contributed by atoms with van der Waals surface area (Å²) in [6.07, 6.45) is 4.34. The molecule has 1 atom stereocenters. The standard InChI is InChI=1S/C19H24N2O3S/c1-12-9-13(2)18(14(3)17(12)15(4)22)19-20-6-7-21(19)10-16-5-8-25(23,24)11-16/h6-7,9,16H,5,8,10-11H2,1-4H3. The first-order chi connectivity index (χ1) is 11.7. The Hall–Kier alpha value is -1.95. The second-order valence-corrected chi connectivity index (χ2v) is 9.34. The number of benzene rings is 1. The maximum atomic E-state index is 12.1. The number of hydrogen-bond acceptors (Lipinski definition) is 4. The van der Waals surface area contributed by atoms with Crippen LogP contribution in [-0.2, 0) is 16.4 Å². The third kappa shape index (κ3) is 3.40. The van der Waals surface area contributed by atoms with E-state index in [4.69, 9.17) is 0 Å². The zero-order valence-corrected chi connectivity index (χ0v) is 16.0. The SMILES string of the molecule is CC(=O)c1c(C)cc(C)c(-c2nccn2CC2CCS(=O)(=O)C2)c1C. The van der Waals surface area contributed by atoms with Crippen molar-refractivity contribution in [2.75, 3.05) is 11.5 Å². The summed E-state index contributed by atoms with van der Waals surface area (Å²) in [6, 6.07) is 2.03. The molecule has 0 aliphatic carbocycles. The van der Waals surface area contributed by atoms with E-state index in [-0.39, 0.29) is 23.2 Å². The lowest BCUT2D eigenvalue weighted by atomic mass is 9.91. The lowest BCUT2D eigenvalue weighted by Crippen LogP contribution is -2.14. The predicted molar refractivity (Wildman–Crippen MR) is 98.6 cm³/mol. The summed E-state index contributed by atoms with van der Waals surface area (Å²) >= 11 is 0. The van der Waals surface area contributed by atoms with Crippen LogP contribution >= 0.6 is 0 Å². The monoisotopic (exact) mass is 360 g/mol. The zero-order valence-electron chi connectivity index (χ0n) is 15.2. The minimum absolute atomic E-state index is 0.0521. The van der Waals surface area contributed by atoms with E-state index in [1.165, 1.54) is 0 Å². The van der Waals surface area contributed by atoms with E-state index < -0.39 is 9.84 Å². The summed E-state index contributed by atoms with van der Waals surface area (Å²) in [5, 5.41) is 0. The second-order valence-electron chi connectivity index (χ2n) is 7.11. The molecule has 0 spiro atoms. The molecule has 2 heterocycles. The van der Waals surface area contributed by atoms with Crippen LogP contribution in [0.15, 0.2) is 18.5 Å². The first kappa shape index (κ1) is 17.9. The smallest absolute Gasteiger partial charge is 0.160 e. The number of imidazole rings is 1. The van der Waals surface area contributed by atoms with Gasteiger partial charge in [0.2, 0.25) is 0 Å². The van der Waals surface area contributed by atoms with E-state index in [1.807, 2.05) is 37.6 Å². The molecule has 0 N–H and O–H groups in total. The molecule has 6 heteroatoms. The summed E-state index contributed by atoms with van der Waals surface area (Å²) in [7, 11) is -2.89. The summed E-state index contributed by atoms with van der Waals surface area (Å²) in [5.41, 5.74) is 4.72. The number of ketones is 1. The molecule has 5 nitrogen and oxygen atoms in total. The van der Waals surface area contributed by atoms with Crippen LogP contribution in [0.5, 0.6) is 0 Å². The Kier molecular flexibility index (Phi) is 4.58. The molecule has 1 aliphatic rings. The lowest BCUT2D eigenvalue weighted by molar-refractivity contribution is 0.101. The number of carbonyl (C=O) groups is 1. The Bertz CT molecular complexity index is 942. The third-order valence-electron chi connectivity index (χ3n) is 5.04. The van der Waals surface area contributed by atoms with Gasteiger partial charge in [-0.1, -0.05) is 6.07 Å². The topological polar surface area (TPSA) is 69.0 Å². The van der Waals surface area contributed by atoms with Crippen molar-refractivity contribution in [1.29, 1.82) is 0 Å². The maximum Gasteiger partial charge on any atom is 0.160 e. The van der Waals surface area contributed by atoms with Crippen molar-refractivity contribution in [3.8, 4) is 11.4 Å². The Morgan fingerprint density at radius 1 is 1.28 bits per heavy atom. The highest BCUT2D eigenvalue weighted by molar-refractivity contribution is 7.91. The number of Topliss-reactive ketones (excluding diaryl/α,β-unsaturated/α-hetero) is 1. The number of hydrogen-bond donors (Lipinski definition) is 0. The van der Waals surface area contributed by atoms with E-state index in [1.54, 1.807) is 13.1 Å². The maximum absolute atomic E-state index is 12.1. The van der Waals surface area contributed by atoms with E-state index in [0.717, 1.165) is 33.6 Å². The quantitative estimate of drug-likeness (QED) is 0.786. The van der Waals surface area contributed by atoms with Crippen LogP contribution < -0.4 is 0 Å². The van der Waals surface area contributed by atoms with Gasteiger partial charge in [-0.25, -0.2) is 13.4 Å². The summed E-state index contributed by atoms with van der Waals surface area (Å²) in [5.74, 6) is 1.50. The van der Waals surface area contributed by atoms with Gasteiger partial charge >= 0.3 is 0 Å². The van der Waals surface area contributed by atoms with Crippen LogP contribution in [0.25, 0.3) is 11.4 Å². The Morgan fingerprint density at radius 3 is 2.60 bits per heavy atom. The van der Waals surface area contributed by atoms with Crippen LogP contribution in [0, 0.1) is 26.7 Å². The van der Waals surface area contributed by atoms with Crippen molar-refractivity contribution < 1.29 is 13.2 Å². The molecule has 0 amide bonds. The highest BCUT2D eigenvalue weighted by Gasteiger charge is 2.29. The first-order valence-electron chi connectivity index (χ1n) is 8.53. The first-order valence-corrected chi connectivity index (χ1v) is 10.4. The van der Waals surface area contributed by atoms with Gasteiger partial charge in [0.25, 0.3) is 0 Å². The molecule has 1 aromatic carbocycles.